The summed E-state index contributed by atoms with van der Waals surface area (Å²) in [6, 6.07) is 8.13. The molecule has 2 rings (SSSR count). The summed E-state index contributed by atoms with van der Waals surface area (Å²) < 4.78 is 1.74. The summed E-state index contributed by atoms with van der Waals surface area (Å²) >= 11 is 0. The minimum atomic E-state index is 0.459. The largest absolute Gasteiger partial charge is 0.383 e. The number of hydrogen-bond acceptors (Lipinski definition) is 3. The summed E-state index contributed by atoms with van der Waals surface area (Å²) in [6.07, 6.45) is 2.78. The zero-order valence-electron chi connectivity index (χ0n) is 13.0. The molecule has 0 unspecified atom stereocenters. The highest BCUT2D eigenvalue weighted by Crippen LogP contribution is 2.26. The number of carbonyl (C=O) groups is 1. The monoisotopic (exact) mass is 285 g/mol. The zero-order valence-corrected chi connectivity index (χ0v) is 13.0. The van der Waals surface area contributed by atoms with E-state index in [0.717, 1.165) is 31.2 Å². The van der Waals surface area contributed by atoms with Crippen molar-refractivity contribution in [3.8, 4) is 11.3 Å². The predicted molar refractivity (Wildman–Crippen MR) is 86.3 cm³/mol. The van der Waals surface area contributed by atoms with E-state index in [1.54, 1.807) is 4.68 Å². The number of nitrogen functional groups attached to an aromatic ring is 1. The fourth-order valence-electron chi connectivity index (χ4n) is 2.27. The number of nitrogens with two attached hydrogens (primary N) is 1. The minimum Gasteiger partial charge on any atom is -0.383 e. The van der Waals surface area contributed by atoms with Crippen molar-refractivity contribution in [2.75, 3.05) is 5.73 Å². The van der Waals surface area contributed by atoms with Crippen LogP contribution in [0, 0.1) is 5.92 Å². The molecule has 4 heteroatoms. The molecule has 112 valence electrons. The van der Waals surface area contributed by atoms with Gasteiger partial charge in [0.25, 0.3) is 0 Å². The molecular formula is C17H23N3O. The van der Waals surface area contributed by atoms with Gasteiger partial charge in [0, 0.05) is 12.1 Å². The lowest BCUT2D eigenvalue weighted by Gasteiger charge is -2.06. The van der Waals surface area contributed by atoms with Crippen LogP contribution in [0.3, 0.4) is 0 Å². The first-order valence-electron chi connectivity index (χ1n) is 7.47. The first-order valence-corrected chi connectivity index (χ1v) is 7.47. The molecule has 0 saturated heterocycles. The molecule has 0 aliphatic rings. The van der Waals surface area contributed by atoms with Crippen molar-refractivity contribution in [2.45, 2.75) is 40.2 Å². The van der Waals surface area contributed by atoms with Gasteiger partial charge in [-0.2, -0.15) is 5.10 Å². The number of benzene rings is 1. The zero-order chi connectivity index (χ0) is 15.4. The molecule has 0 aliphatic heterocycles. The second-order valence-corrected chi connectivity index (χ2v) is 5.72. The third-order valence-corrected chi connectivity index (χ3v) is 3.70. The number of rotatable bonds is 6. The van der Waals surface area contributed by atoms with E-state index in [1.165, 1.54) is 5.56 Å². The van der Waals surface area contributed by atoms with Crippen molar-refractivity contribution in [3.63, 3.8) is 0 Å². The number of anilines is 1. The van der Waals surface area contributed by atoms with Crippen molar-refractivity contribution < 1.29 is 4.79 Å². The number of aldehydes is 1. The van der Waals surface area contributed by atoms with E-state index in [9.17, 15) is 4.79 Å². The van der Waals surface area contributed by atoms with Gasteiger partial charge in [0.2, 0.25) is 0 Å². The molecule has 0 amide bonds. The van der Waals surface area contributed by atoms with Gasteiger partial charge in [-0.05, 0) is 24.3 Å². The van der Waals surface area contributed by atoms with Gasteiger partial charge in [-0.25, -0.2) is 4.68 Å². The van der Waals surface area contributed by atoms with Crippen molar-refractivity contribution in [1.82, 2.24) is 9.78 Å². The van der Waals surface area contributed by atoms with E-state index in [4.69, 9.17) is 5.73 Å². The summed E-state index contributed by atoms with van der Waals surface area (Å²) in [6.45, 7) is 7.16. The van der Waals surface area contributed by atoms with Gasteiger partial charge in [-0.1, -0.05) is 45.0 Å². The highest BCUT2D eigenvalue weighted by molar-refractivity contribution is 5.91. The standard InChI is InChI=1S/C17H23N3O/c1-4-13-5-7-14(8-6-13)16-15(11-21)17(18)20(19-16)10-9-12(2)3/h5-8,11-12H,4,9-10,18H2,1-3H3. The van der Waals surface area contributed by atoms with Crippen LogP contribution >= 0.6 is 0 Å². The topological polar surface area (TPSA) is 60.9 Å². The lowest BCUT2D eigenvalue weighted by Crippen LogP contribution is -2.07. The summed E-state index contributed by atoms with van der Waals surface area (Å²) in [4.78, 5) is 11.4. The van der Waals surface area contributed by atoms with E-state index in [1.807, 2.05) is 12.1 Å². The van der Waals surface area contributed by atoms with E-state index in [0.29, 0.717) is 23.0 Å². The van der Waals surface area contributed by atoms with Gasteiger partial charge in [-0.15, -0.1) is 0 Å². The summed E-state index contributed by atoms with van der Waals surface area (Å²) in [7, 11) is 0. The molecule has 1 heterocycles. The Hall–Kier alpha value is -2.10. The molecule has 0 spiro atoms. The quantitative estimate of drug-likeness (QED) is 0.826. The van der Waals surface area contributed by atoms with E-state index >= 15 is 0 Å². The molecule has 2 N–H and O–H groups in total. The van der Waals surface area contributed by atoms with Crippen LogP contribution in [0.2, 0.25) is 0 Å². The molecule has 1 aromatic heterocycles. The lowest BCUT2D eigenvalue weighted by molar-refractivity contribution is 0.112. The number of aryl methyl sites for hydroxylation is 2. The van der Waals surface area contributed by atoms with Crippen LogP contribution in [0.1, 0.15) is 43.1 Å². The Balaban J connectivity index is 2.37. The van der Waals surface area contributed by atoms with Crippen molar-refractivity contribution in [3.05, 3.63) is 35.4 Å². The Kier molecular flexibility index (Phi) is 4.78. The van der Waals surface area contributed by atoms with Gasteiger partial charge < -0.3 is 5.73 Å². The Morgan fingerprint density at radius 1 is 1.29 bits per heavy atom. The maximum atomic E-state index is 11.4. The van der Waals surface area contributed by atoms with Gasteiger partial charge >= 0.3 is 0 Å². The number of aromatic nitrogens is 2. The smallest absolute Gasteiger partial charge is 0.156 e. The molecule has 1 aromatic carbocycles. The Bertz CT molecular complexity index is 612. The van der Waals surface area contributed by atoms with Gasteiger partial charge in [0.1, 0.15) is 11.5 Å². The molecule has 0 atom stereocenters. The summed E-state index contributed by atoms with van der Waals surface area (Å²) in [5.41, 5.74) is 9.42. The van der Waals surface area contributed by atoms with E-state index < -0.39 is 0 Å². The average Bonchev–Trinajstić information content (AvgIpc) is 2.81. The maximum absolute atomic E-state index is 11.4. The summed E-state index contributed by atoms with van der Waals surface area (Å²) in [5.74, 6) is 1.03. The van der Waals surface area contributed by atoms with Crippen LogP contribution in [0.4, 0.5) is 5.82 Å². The third kappa shape index (κ3) is 3.32. The van der Waals surface area contributed by atoms with Crippen LogP contribution in [-0.4, -0.2) is 16.1 Å². The molecule has 21 heavy (non-hydrogen) atoms. The summed E-state index contributed by atoms with van der Waals surface area (Å²) in [5, 5.41) is 4.54. The molecule has 0 aliphatic carbocycles. The van der Waals surface area contributed by atoms with Gasteiger partial charge in [0.15, 0.2) is 6.29 Å². The van der Waals surface area contributed by atoms with Crippen molar-refractivity contribution >= 4 is 12.1 Å². The Morgan fingerprint density at radius 3 is 2.48 bits per heavy atom. The maximum Gasteiger partial charge on any atom is 0.156 e. The third-order valence-electron chi connectivity index (χ3n) is 3.70. The molecule has 0 bridgehead atoms. The average molecular weight is 285 g/mol. The fourth-order valence-corrected chi connectivity index (χ4v) is 2.27. The molecule has 0 radical (unpaired) electrons. The van der Waals surface area contributed by atoms with Crippen LogP contribution in [0.25, 0.3) is 11.3 Å². The highest BCUT2D eigenvalue weighted by Gasteiger charge is 2.16. The van der Waals surface area contributed by atoms with Crippen LogP contribution in [0.5, 0.6) is 0 Å². The van der Waals surface area contributed by atoms with Crippen molar-refractivity contribution in [2.24, 2.45) is 5.92 Å². The highest BCUT2D eigenvalue weighted by atomic mass is 16.1. The molecular weight excluding hydrogens is 262 g/mol. The van der Waals surface area contributed by atoms with Crippen LogP contribution in [-0.2, 0) is 13.0 Å². The Morgan fingerprint density at radius 2 is 1.95 bits per heavy atom. The molecule has 0 saturated carbocycles. The van der Waals surface area contributed by atoms with Crippen molar-refractivity contribution in [1.29, 1.82) is 0 Å². The van der Waals surface area contributed by atoms with Crippen LogP contribution < -0.4 is 5.73 Å². The van der Waals surface area contributed by atoms with Gasteiger partial charge in [0.05, 0.1) is 5.56 Å². The second-order valence-electron chi connectivity index (χ2n) is 5.72. The van der Waals surface area contributed by atoms with E-state index in [-0.39, 0.29) is 0 Å². The van der Waals surface area contributed by atoms with Crippen LogP contribution in [0.15, 0.2) is 24.3 Å². The first kappa shape index (κ1) is 15.3. The fraction of sp³-hybridized carbons (Fsp3) is 0.412. The normalized spacial score (nSPS) is 11.0. The first-order chi connectivity index (χ1) is 10.1. The van der Waals surface area contributed by atoms with Gasteiger partial charge in [-0.3, -0.25) is 4.79 Å². The Labute approximate surface area is 126 Å². The number of carbonyl (C=O) groups excluding carboxylic acids is 1. The van der Waals surface area contributed by atoms with E-state index in [2.05, 4.69) is 38.0 Å². The SMILES string of the molecule is CCc1ccc(-c2nn(CCC(C)C)c(N)c2C=O)cc1. The molecule has 4 nitrogen and oxygen atoms in total. The molecule has 2 aromatic rings. The minimum absolute atomic E-state index is 0.459. The predicted octanol–water partition coefficient (Wildman–Crippen LogP) is 3.55. The lowest BCUT2D eigenvalue weighted by atomic mass is 10.1. The number of nitrogens with zero attached hydrogens (tertiary/aromatic N) is 2. The number of hydrogen-bond donors (Lipinski definition) is 1. The molecule has 0 fully saturated rings. The second kappa shape index (κ2) is 6.57.